The number of anilines is 1. The van der Waals surface area contributed by atoms with Crippen molar-refractivity contribution >= 4 is 27.5 Å². The number of rotatable bonds is 2. The predicted molar refractivity (Wildman–Crippen MR) is 66.7 cm³/mol. The van der Waals surface area contributed by atoms with Crippen LogP contribution in [0.2, 0.25) is 0 Å². The zero-order chi connectivity index (χ0) is 14.2. The summed E-state index contributed by atoms with van der Waals surface area (Å²) in [5, 5.41) is 9.02. The molecular formula is C12H11BrF3NO2. The van der Waals surface area contributed by atoms with Crippen LogP contribution in [0, 0.1) is 5.92 Å². The summed E-state index contributed by atoms with van der Waals surface area (Å²) in [5.41, 5.74) is -0.373. The van der Waals surface area contributed by atoms with Crippen molar-refractivity contribution in [1.82, 2.24) is 0 Å². The van der Waals surface area contributed by atoms with Crippen molar-refractivity contribution in [1.29, 1.82) is 0 Å². The van der Waals surface area contributed by atoms with Gasteiger partial charge in [-0.25, -0.2) is 0 Å². The van der Waals surface area contributed by atoms with Crippen molar-refractivity contribution < 1.29 is 23.1 Å². The van der Waals surface area contributed by atoms with E-state index in [4.69, 9.17) is 5.11 Å². The fourth-order valence-electron chi connectivity index (χ4n) is 2.06. The molecule has 1 heterocycles. The van der Waals surface area contributed by atoms with E-state index < -0.39 is 11.7 Å². The summed E-state index contributed by atoms with van der Waals surface area (Å²) in [4.78, 5) is 13.1. The normalized spacial score (nSPS) is 20.2. The van der Waals surface area contributed by atoms with E-state index in [1.54, 1.807) is 0 Å². The Kier molecular flexibility index (Phi) is 3.87. The lowest BCUT2D eigenvalue weighted by molar-refractivity contribution is -0.138. The molecule has 104 valence electrons. The summed E-state index contributed by atoms with van der Waals surface area (Å²) in [5.74, 6) is -0.348. The van der Waals surface area contributed by atoms with E-state index in [1.807, 2.05) is 0 Å². The smallest absolute Gasteiger partial charge is 0.396 e. The van der Waals surface area contributed by atoms with E-state index >= 15 is 0 Å². The predicted octanol–water partition coefficient (Wildman–Crippen LogP) is 2.81. The Bertz CT molecular complexity index is 504. The van der Waals surface area contributed by atoms with Gasteiger partial charge in [-0.3, -0.25) is 4.79 Å². The third kappa shape index (κ3) is 2.92. The van der Waals surface area contributed by atoms with Gasteiger partial charge in [-0.1, -0.05) is 15.9 Å². The SMILES string of the molecule is O=C1CC(CO)CN1c1ccc(C(F)(F)F)c(Br)c1. The highest BCUT2D eigenvalue weighted by Gasteiger charge is 2.34. The summed E-state index contributed by atoms with van der Waals surface area (Å²) in [6.07, 6.45) is -4.21. The maximum Gasteiger partial charge on any atom is 0.417 e. The van der Waals surface area contributed by atoms with Gasteiger partial charge in [-0.15, -0.1) is 0 Å². The van der Waals surface area contributed by atoms with E-state index in [2.05, 4.69) is 15.9 Å². The first-order chi connectivity index (χ1) is 8.82. The van der Waals surface area contributed by atoms with Crippen molar-refractivity contribution in [2.45, 2.75) is 12.6 Å². The largest absolute Gasteiger partial charge is 0.417 e. The van der Waals surface area contributed by atoms with E-state index in [1.165, 1.54) is 17.0 Å². The maximum absolute atomic E-state index is 12.6. The lowest BCUT2D eigenvalue weighted by Gasteiger charge is -2.18. The first-order valence-corrected chi connectivity index (χ1v) is 6.40. The van der Waals surface area contributed by atoms with Gasteiger partial charge in [0.2, 0.25) is 5.91 Å². The highest BCUT2D eigenvalue weighted by atomic mass is 79.9. The van der Waals surface area contributed by atoms with Gasteiger partial charge in [0.1, 0.15) is 0 Å². The average Bonchev–Trinajstić information content (AvgIpc) is 2.68. The van der Waals surface area contributed by atoms with E-state index in [9.17, 15) is 18.0 Å². The zero-order valence-corrected chi connectivity index (χ0v) is 11.3. The Balaban J connectivity index is 2.28. The standard InChI is InChI=1S/C12H11BrF3NO2/c13-10-4-8(1-2-9(10)12(14,15)16)17-5-7(6-18)3-11(17)19/h1-2,4,7,18H,3,5-6H2. The highest BCUT2D eigenvalue weighted by molar-refractivity contribution is 9.10. The minimum absolute atomic E-state index is 0.0993. The van der Waals surface area contributed by atoms with Gasteiger partial charge in [-0.2, -0.15) is 13.2 Å². The van der Waals surface area contributed by atoms with Crippen molar-refractivity contribution in [3.05, 3.63) is 28.2 Å². The molecule has 0 saturated carbocycles. The molecule has 3 nitrogen and oxygen atoms in total. The monoisotopic (exact) mass is 337 g/mol. The molecule has 19 heavy (non-hydrogen) atoms. The van der Waals surface area contributed by atoms with Crippen molar-refractivity contribution in [3.8, 4) is 0 Å². The van der Waals surface area contributed by atoms with Crippen LogP contribution < -0.4 is 4.90 Å². The van der Waals surface area contributed by atoms with Crippen molar-refractivity contribution in [3.63, 3.8) is 0 Å². The quantitative estimate of drug-likeness (QED) is 0.901. The molecule has 0 aliphatic carbocycles. The Hall–Kier alpha value is -1.08. The molecule has 1 fully saturated rings. The first-order valence-electron chi connectivity index (χ1n) is 5.61. The number of halogens is 4. The maximum atomic E-state index is 12.6. The molecule has 0 radical (unpaired) electrons. The van der Waals surface area contributed by atoms with Crippen LogP contribution in [-0.2, 0) is 11.0 Å². The van der Waals surface area contributed by atoms with Gasteiger partial charge < -0.3 is 10.0 Å². The fraction of sp³-hybridized carbons (Fsp3) is 0.417. The molecule has 1 unspecified atom stereocenters. The number of aliphatic hydroxyl groups excluding tert-OH is 1. The first kappa shape index (κ1) is 14.3. The number of amides is 1. The highest BCUT2D eigenvalue weighted by Crippen LogP contribution is 2.37. The molecule has 1 N–H and O–H groups in total. The molecule has 0 bridgehead atoms. The third-order valence-electron chi connectivity index (χ3n) is 3.03. The Morgan fingerprint density at radius 1 is 1.42 bits per heavy atom. The minimum atomic E-state index is -4.43. The molecule has 1 amide bonds. The summed E-state index contributed by atoms with van der Waals surface area (Å²) < 4.78 is 37.7. The second kappa shape index (κ2) is 5.13. The van der Waals surface area contributed by atoms with Crippen LogP contribution >= 0.6 is 15.9 Å². The van der Waals surface area contributed by atoms with E-state index in [-0.39, 0.29) is 29.3 Å². The number of benzene rings is 1. The van der Waals surface area contributed by atoms with E-state index in [0.717, 1.165) is 6.07 Å². The van der Waals surface area contributed by atoms with Crippen molar-refractivity contribution in [2.75, 3.05) is 18.1 Å². The van der Waals surface area contributed by atoms with Crippen LogP contribution in [0.3, 0.4) is 0 Å². The van der Waals surface area contributed by atoms with Crippen LogP contribution in [-0.4, -0.2) is 24.2 Å². The van der Waals surface area contributed by atoms with Gasteiger partial charge in [0.15, 0.2) is 0 Å². The van der Waals surface area contributed by atoms with Gasteiger partial charge >= 0.3 is 6.18 Å². The minimum Gasteiger partial charge on any atom is -0.396 e. The van der Waals surface area contributed by atoms with Crippen LogP contribution in [0.1, 0.15) is 12.0 Å². The van der Waals surface area contributed by atoms with Crippen LogP contribution in [0.15, 0.2) is 22.7 Å². The van der Waals surface area contributed by atoms with Gasteiger partial charge in [-0.05, 0) is 18.2 Å². The topological polar surface area (TPSA) is 40.5 Å². The molecule has 1 saturated heterocycles. The third-order valence-corrected chi connectivity index (χ3v) is 3.69. The van der Waals surface area contributed by atoms with Crippen LogP contribution in [0.5, 0.6) is 0 Å². The Morgan fingerprint density at radius 3 is 2.58 bits per heavy atom. The summed E-state index contributed by atoms with van der Waals surface area (Å²) in [7, 11) is 0. The van der Waals surface area contributed by atoms with Crippen molar-refractivity contribution in [2.24, 2.45) is 5.92 Å². The second-order valence-corrected chi connectivity index (χ2v) is 5.27. The van der Waals surface area contributed by atoms with E-state index in [0.29, 0.717) is 12.2 Å². The molecule has 0 spiro atoms. The van der Waals surface area contributed by atoms with Crippen LogP contribution in [0.25, 0.3) is 0 Å². The fourth-order valence-corrected chi connectivity index (χ4v) is 2.65. The molecule has 1 aliphatic heterocycles. The number of nitrogens with zero attached hydrogens (tertiary/aromatic N) is 1. The lowest BCUT2D eigenvalue weighted by Crippen LogP contribution is -2.25. The molecule has 1 atom stereocenters. The number of alkyl halides is 3. The molecule has 0 aromatic heterocycles. The summed E-state index contributed by atoms with van der Waals surface area (Å²) >= 11 is 2.87. The van der Waals surface area contributed by atoms with Gasteiger partial charge in [0.05, 0.1) is 5.56 Å². The van der Waals surface area contributed by atoms with Crippen LogP contribution in [0.4, 0.5) is 18.9 Å². The molecule has 7 heteroatoms. The number of aliphatic hydroxyl groups is 1. The molecular weight excluding hydrogens is 327 g/mol. The molecule has 1 aromatic carbocycles. The molecule has 1 aliphatic rings. The second-order valence-electron chi connectivity index (χ2n) is 4.42. The number of carbonyl (C=O) groups excluding carboxylic acids is 1. The zero-order valence-electron chi connectivity index (χ0n) is 9.75. The summed E-state index contributed by atoms with van der Waals surface area (Å²) in [6.45, 7) is 0.219. The molecule has 1 aromatic rings. The lowest BCUT2D eigenvalue weighted by atomic mass is 10.1. The summed E-state index contributed by atoms with van der Waals surface area (Å²) in [6, 6.07) is 3.49. The number of hydrogen-bond acceptors (Lipinski definition) is 2. The number of carbonyl (C=O) groups is 1. The molecule has 2 rings (SSSR count). The number of hydrogen-bond donors (Lipinski definition) is 1. The Labute approximate surface area is 116 Å². The average molecular weight is 338 g/mol. The van der Waals surface area contributed by atoms with Gasteiger partial charge in [0.25, 0.3) is 0 Å². The van der Waals surface area contributed by atoms with Gasteiger partial charge in [0, 0.05) is 35.7 Å². The Morgan fingerprint density at radius 2 is 2.11 bits per heavy atom.